The molecule has 0 spiro atoms. The second-order valence-corrected chi connectivity index (χ2v) is 4.27. The number of halogens is 1. The van der Waals surface area contributed by atoms with Crippen molar-refractivity contribution in [3.8, 4) is 11.5 Å². The highest BCUT2D eigenvalue weighted by molar-refractivity contribution is 9.10. The van der Waals surface area contributed by atoms with Gasteiger partial charge in [0.15, 0.2) is 17.3 Å². The molecule has 0 fully saturated rings. The molecule has 0 aliphatic rings. The van der Waals surface area contributed by atoms with Gasteiger partial charge in [0, 0.05) is 0 Å². The Hall–Kier alpha value is -1.29. The highest BCUT2D eigenvalue weighted by Gasteiger charge is 2.09. The minimum absolute atomic E-state index is 0.00917. The van der Waals surface area contributed by atoms with Gasteiger partial charge < -0.3 is 9.47 Å². The summed E-state index contributed by atoms with van der Waals surface area (Å²) >= 11 is 3.41. The minimum atomic E-state index is 0.00917. The normalized spacial score (nSPS) is 10.6. The van der Waals surface area contributed by atoms with E-state index in [1.54, 1.807) is 13.2 Å². The maximum Gasteiger partial charge on any atom is 0.174 e. The zero-order valence-corrected chi connectivity index (χ0v) is 11.7. The Bertz CT molecular complexity index is 439. The van der Waals surface area contributed by atoms with E-state index >= 15 is 0 Å². The van der Waals surface area contributed by atoms with Gasteiger partial charge in [0.05, 0.1) is 18.2 Å². The third-order valence-electron chi connectivity index (χ3n) is 2.05. The smallest absolute Gasteiger partial charge is 0.174 e. The maximum atomic E-state index is 10.9. The Kier molecular flexibility index (Phi) is 5.22. The lowest BCUT2D eigenvalue weighted by Crippen LogP contribution is -1.96. The van der Waals surface area contributed by atoms with Gasteiger partial charge >= 0.3 is 0 Å². The third kappa shape index (κ3) is 3.89. The van der Waals surface area contributed by atoms with E-state index in [4.69, 9.17) is 9.47 Å². The van der Waals surface area contributed by atoms with Crippen molar-refractivity contribution in [2.24, 2.45) is 0 Å². The zero-order valence-electron chi connectivity index (χ0n) is 10.1. The van der Waals surface area contributed by atoms with Gasteiger partial charge in [0.1, 0.15) is 0 Å². The number of hydrogen-bond donors (Lipinski definition) is 0. The van der Waals surface area contributed by atoms with Crippen molar-refractivity contribution >= 4 is 27.8 Å². The third-order valence-corrected chi connectivity index (χ3v) is 2.64. The summed E-state index contributed by atoms with van der Waals surface area (Å²) in [5.41, 5.74) is 0.885. The molecule has 0 aromatic heterocycles. The molecular formula is C13H15BrO3. The van der Waals surface area contributed by atoms with Crippen LogP contribution in [0.25, 0.3) is 6.08 Å². The Morgan fingerprint density at radius 1 is 1.47 bits per heavy atom. The lowest BCUT2D eigenvalue weighted by atomic mass is 10.1. The van der Waals surface area contributed by atoms with E-state index in [0.29, 0.717) is 18.1 Å². The van der Waals surface area contributed by atoms with Gasteiger partial charge in [-0.25, -0.2) is 0 Å². The number of carbonyl (C=O) groups excluding carboxylic acids is 1. The zero-order chi connectivity index (χ0) is 12.8. The quantitative estimate of drug-likeness (QED) is 0.781. The number of methoxy groups -OCH3 is 1. The predicted octanol–water partition coefficient (Wildman–Crippen LogP) is 3.46. The Morgan fingerprint density at radius 2 is 2.18 bits per heavy atom. The van der Waals surface area contributed by atoms with Crippen LogP contribution in [0.5, 0.6) is 11.5 Å². The van der Waals surface area contributed by atoms with Crippen molar-refractivity contribution in [3.05, 3.63) is 28.2 Å². The van der Waals surface area contributed by atoms with Crippen LogP contribution in [0.4, 0.5) is 0 Å². The summed E-state index contributed by atoms with van der Waals surface area (Å²) < 4.78 is 11.5. The van der Waals surface area contributed by atoms with Crippen LogP contribution in [0.2, 0.25) is 0 Å². The number of carbonyl (C=O) groups is 1. The fourth-order valence-electron chi connectivity index (χ4n) is 1.36. The van der Waals surface area contributed by atoms with Crippen LogP contribution in [0, 0.1) is 0 Å². The topological polar surface area (TPSA) is 35.5 Å². The summed E-state index contributed by atoms with van der Waals surface area (Å²) in [7, 11) is 1.59. The van der Waals surface area contributed by atoms with E-state index in [1.807, 2.05) is 19.1 Å². The molecule has 1 rings (SSSR count). The molecule has 0 heterocycles. The minimum Gasteiger partial charge on any atom is -0.492 e. The molecule has 0 aliphatic carbocycles. The second-order valence-electron chi connectivity index (χ2n) is 3.41. The van der Waals surface area contributed by atoms with Crippen molar-refractivity contribution in [1.82, 2.24) is 0 Å². The first kappa shape index (κ1) is 13.8. The van der Waals surface area contributed by atoms with Crippen molar-refractivity contribution < 1.29 is 14.3 Å². The lowest BCUT2D eigenvalue weighted by molar-refractivity contribution is -0.112. The fraction of sp³-hybridized carbons (Fsp3) is 0.308. The summed E-state index contributed by atoms with van der Waals surface area (Å²) in [6.45, 7) is 3.98. The van der Waals surface area contributed by atoms with Gasteiger partial charge in [-0.15, -0.1) is 0 Å². The van der Waals surface area contributed by atoms with Crippen molar-refractivity contribution in [3.63, 3.8) is 0 Å². The van der Waals surface area contributed by atoms with Gasteiger partial charge in [-0.05, 0) is 53.5 Å². The van der Waals surface area contributed by atoms with Gasteiger partial charge in [-0.2, -0.15) is 0 Å². The molecule has 3 nitrogen and oxygen atoms in total. The first-order chi connectivity index (χ1) is 8.08. The average Bonchev–Trinajstić information content (AvgIpc) is 2.26. The number of rotatable bonds is 5. The largest absolute Gasteiger partial charge is 0.492 e. The summed E-state index contributed by atoms with van der Waals surface area (Å²) in [6, 6.07) is 3.72. The number of benzene rings is 1. The Morgan fingerprint density at radius 3 is 2.71 bits per heavy atom. The van der Waals surface area contributed by atoms with E-state index in [2.05, 4.69) is 15.9 Å². The van der Waals surface area contributed by atoms with Crippen LogP contribution < -0.4 is 9.47 Å². The summed E-state index contributed by atoms with van der Waals surface area (Å²) in [4.78, 5) is 10.9. The standard InChI is InChI=1S/C13H15BrO3/c1-4-17-12-8-10(6-5-9(2)15)7-11(14)13(12)16-3/h5-8H,4H2,1-3H3. The van der Waals surface area contributed by atoms with Crippen LogP contribution in [-0.4, -0.2) is 19.5 Å². The van der Waals surface area contributed by atoms with Gasteiger partial charge in [-0.1, -0.05) is 6.08 Å². The molecule has 0 atom stereocenters. The Labute approximate surface area is 110 Å². The first-order valence-corrected chi connectivity index (χ1v) is 6.06. The van der Waals surface area contributed by atoms with E-state index in [1.165, 1.54) is 13.0 Å². The summed E-state index contributed by atoms with van der Waals surface area (Å²) in [5.74, 6) is 1.33. The average molecular weight is 299 g/mol. The van der Waals surface area contributed by atoms with E-state index in [0.717, 1.165) is 10.0 Å². The highest BCUT2D eigenvalue weighted by atomic mass is 79.9. The van der Waals surface area contributed by atoms with E-state index in [9.17, 15) is 4.79 Å². The number of ketones is 1. The molecule has 0 aliphatic heterocycles. The SMILES string of the molecule is CCOc1cc(C=CC(C)=O)cc(Br)c1OC. The van der Waals surface area contributed by atoms with Crippen LogP contribution in [0.3, 0.4) is 0 Å². The van der Waals surface area contributed by atoms with Crippen LogP contribution in [0.1, 0.15) is 19.4 Å². The predicted molar refractivity (Wildman–Crippen MR) is 71.6 cm³/mol. The van der Waals surface area contributed by atoms with Crippen LogP contribution in [0.15, 0.2) is 22.7 Å². The molecule has 17 heavy (non-hydrogen) atoms. The first-order valence-electron chi connectivity index (χ1n) is 5.27. The van der Waals surface area contributed by atoms with Gasteiger partial charge in [-0.3, -0.25) is 4.79 Å². The molecule has 1 aromatic carbocycles. The van der Waals surface area contributed by atoms with Gasteiger partial charge in [0.25, 0.3) is 0 Å². The summed E-state index contributed by atoms with van der Waals surface area (Å²) in [6.07, 6.45) is 3.26. The van der Waals surface area contributed by atoms with Crippen molar-refractivity contribution in [2.45, 2.75) is 13.8 Å². The molecule has 1 aromatic rings. The maximum absolute atomic E-state index is 10.9. The lowest BCUT2D eigenvalue weighted by Gasteiger charge is -2.11. The van der Waals surface area contributed by atoms with Crippen molar-refractivity contribution in [1.29, 1.82) is 0 Å². The molecular weight excluding hydrogens is 284 g/mol. The highest BCUT2D eigenvalue weighted by Crippen LogP contribution is 2.36. The molecule has 0 saturated heterocycles. The number of hydrogen-bond acceptors (Lipinski definition) is 3. The molecule has 4 heteroatoms. The molecule has 0 bridgehead atoms. The van der Waals surface area contributed by atoms with Crippen LogP contribution in [-0.2, 0) is 4.79 Å². The molecule has 0 amide bonds. The van der Waals surface area contributed by atoms with Crippen molar-refractivity contribution in [2.75, 3.05) is 13.7 Å². The molecule has 92 valence electrons. The molecule has 0 saturated carbocycles. The monoisotopic (exact) mass is 298 g/mol. The summed E-state index contributed by atoms with van der Waals surface area (Å²) in [5, 5.41) is 0. The fourth-order valence-corrected chi connectivity index (χ4v) is 1.98. The molecule has 0 unspecified atom stereocenters. The second kappa shape index (κ2) is 6.45. The molecule has 0 radical (unpaired) electrons. The molecule has 0 N–H and O–H groups in total. The van der Waals surface area contributed by atoms with E-state index in [-0.39, 0.29) is 5.78 Å². The van der Waals surface area contributed by atoms with Crippen LogP contribution >= 0.6 is 15.9 Å². The van der Waals surface area contributed by atoms with Gasteiger partial charge in [0.2, 0.25) is 0 Å². The number of allylic oxidation sites excluding steroid dienone is 1. The number of ether oxygens (including phenoxy) is 2. The Balaban J connectivity index is 3.14. The van der Waals surface area contributed by atoms with E-state index < -0.39 is 0 Å².